The van der Waals surface area contributed by atoms with Gasteiger partial charge in [-0.3, -0.25) is 4.79 Å². The summed E-state index contributed by atoms with van der Waals surface area (Å²) in [4.78, 5) is 17.5. The van der Waals surface area contributed by atoms with Crippen molar-refractivity contribution in [2.45, 2.75) is 36.1 Å². The molecule has 0 spiro atoms. The first kappa shape index (κ1) is 20.3. The van der Waals surface area contributed by atoms with Crippen LogP contribution in [-0.2, 0) is 4.79 Å². The van der Waals surface area contributed by atoms with Crippen molar-refractivity contribution < 1.29 is 14.3 Å². The van der Waals surface area contributed by atoms with Gasteiger partial charge in [0.25, 0.3) is 0 Å². The number of amides is 1. The Morgan fingerprint density at radius 2 is 1.93 bits per heavy atom. The number of nitrogens with one attached hydrogen (secondary N) is 1. The number of aromatic nitrogens is 3. The summed E-state index contributed by atoms with van der Waals surface area (Å²) in [5, 5.41) is 7.80. The molecule has 1 N–H and O–H groups in total. The van der Waals surface area contributed by atoms with Crippen molar-refractivity contribution in [1.82, 2.24) is 14.8 Å². The van der Waals surface area contributed by atoms with E-state index < -0.39 is 0 Å². The largest absolute Gasteiger partial charge is 0.497 e. The number of anilines is 1. The molecular weight excluding hydrogens is 400 g/mol. The van der Waals surface area contributed by atoms with Gasteiger partial charge in [0.05, 0.1) is 30.8 Å². The summed E-state index contributed by atoms with van der Waals surface area (Å²) < 4.78 is 12.5. The highest BCUT2D eigenvalue weighted by atomic mass is 32.2. The van der Waals surface area contributed by atoms with Gasteiger partial charge < -0.3 is 14.8 Å². The van der Waals surface area contributed by atoms with Crippen LogP contribution in [0.1, 0.15) is 31.5 Å². The van der Waals surface area contributed by atoms with Gasteiger partial charge in [-0.05, 0) is 44.0 Å². The Morgan fingerprint density at radius 3 is 2.60 bits per heavy atom. The maximum absolute atomic E-state index is 12.8. The van der Waals surface area contributed by atoms with Crippen LogP contribution in [0.5, 0.6) is 11.5 Å². The normalized spacial score (nSPS) is 14.2. The molecule has 1 amide bonds. The minimum Gasteiger partial charge on any atom is -0.497 e. The van der Waals surface area contributed by atoms with E-state index in [4.69, 9.17) is 14.5 Å². The number of benzene rings is 2. The first-order valence-corrected chi connectivity index (χ1v) is 10.7. The zero-order valence-electron chi connectivity index (χ0n) is 17.2. The van der Waals surface area contributed by atoms with Crippen LogP contribution < -0.4 is 14.8 Å². The Balaban J connectivity index is 1.50. The molecular formula is C22H24N4O3S. The summed E-state index contributed by atoms with van der Waals surface area (Å²) in [7, 11) is 3.15. The number of carbonyl (C=O) groups excluding carboxylic acids is 1. The van der Waals surface area contributed by atoms with Gasteiger partial charge in [-0.2, -0.15) is 0 Å². The van der Waals surface area contributed by atoms with E-state index in [1.807, 2.05) is 41.9 Å². The molecule has 156 valence electrons. The molecule has 1 aliphatic rings. The Bertz CT molecular complexity index is 1030. The van der Waals surface area contributed by atoms with Crippen molar-refractivity contribution in [3.63, 3.8) is 0 Å². The third-order valence-electron chi connectivity index (χ3n) is 4.87. The van der Waals surface area contributed by atoms with Gasteiger partial charge in [-0.25, -0.2) is 9.67 Å². The maximum atomic E-state index is 12.8. The lowest BCUT2D eigenvalue weighted by atomic mass is 10.2. The predicted octanol–water partition coefficient (Wildman–Crippen LogP) is 4.28. The van der Waals surface area contributed by atoms with Crippen LogP contribution in [0, 0.1) is 0 Å². The van der Waals surface area contributed by atoms with Crippen molar-refractivity contribution in [3.8, 4) is 17.2 Å². The minimum atomic E-state index is -0.389. The highest BCUT2D eigenvalue weighted by Crippen LogP contribution is 2.40. The maximum Gasteiger partial charge on any atom is 0.237 e. The van der Waals surface area contributed by atoms with Crippen LogP contribution in [0.2, 0.25) is 0 Å². The van der Waals surface area contributed by atoms with Gasteiger partial charge in [0, 0.05) is 12.0 Å². The van der Waals surface area contributed by atoms with E-state index in [1.165, 1.54) is 11.8 Å². The summed E-state index contributed by atoms with van der Waals surface area (Å²) in [5.74, 6) is 2.46. The summed E-state index contributed by atoms with van der Waals surface area (Å²) in [5.41, 5.74) is 1.55. The summed E-state index contributed by atoms with van der Waals surface area (Å²) in [6.45, 7) is 1.84. The fraction of sp³-hybridized carbons (Fsp3) is 0.318. The van der Waals surface area contributed by atoms with Gasteiger partial charge >= 0.3 is 0 Å². The Labute approximate surface area is 179 Å². The lowest BCUT2D eigenvalue weighted by Gasteiger charge is -2.14. The van der Waals surface area contributed by atoms with Crippen LogP contribution >= 0.6 is 11.8 Å². The van der Waals surface area contributed by atoms with Crippen molar-refractivity contribution in [3.05, 3.63) is 54.4 Å². The first-order chi connectivity index (χ1) is 14.6. The van der Waals surface area contributed by atoms with Crippen LogP contribution in [0.25, 0.3) is 5.69 Å². The molecule has 0 bridgehead atoms. The molecule has 1 fully saturated rings. The fourth-order valence-electron chi connectivity index (χ4n) is 3.08. The molecule has 1 aliphatic carbocycles. The van der Waals surface area contributed by atoms with Gasteiger partial charge in [0.2, 0.25) is 11.1 Å². The molecule has 1 aromatic heterocycles. The monoisotopic (exact) mass is 424 g/mol. The van der Waals surface area contributed by atoms with Gasteiger partial charge in [-0.1, -0.05) is 30.0 Å². The van der Waals surface area contributed by atoms with Crippen LogP contribution in [-0.4, -0.2) is 40.1 Å². The van der Waals surface area contributed by atoms with Crippen LogP contribution in [0.15, 0.2) is 53.7 Å². The number of methoxy groups -OCH3 is 2. The number of rotatable bonds is 8. The van der Waals surface area contributed by atoms with Crippen molar-refractivity contribution in [1.29, 1.82) is 0 Å². The molecule has 2 aromatic carbocycles. The number of nitrogens with zero attached hydrogens (tertiary/aromatic N) is 3. The number of thioether (sulfide) groups is 1. The van der Waals surface area contributed by atoms with Gasteiger partial charge in [0.15, 0.2) is 0 Å². The van der Waals surface area contributed by atoms with Crippen LogP contribution in [0.3, 0.4) is 0 Å². The summed E-state index contributed by atoms with van der Waals surface area (Å²) >= 11 is 1.34. The quantitative estimate of drug-likeness (QED) is 0.544. The Morgan fingerprint density at radius 1 is 1.17 bits per heavy atom. The second kappa shape index (κ2) is 8.79. The average molecular weight is 425 g/mol. The zero-order valence-corrected chi connectivity index (χ0v) is 18.0. The number of para-hydroxylation sites is 1. The Kier molecular flexibility index (Phi) is 5.94. The molecule has 30 heavy (non-hydrogen) atoms. The van der Waals surface area contributed by atoms with E-state index in [-0.39, 0.29) is 11.2 Å². The summed E-state index contributed by atoms with van der Waals surface area (Å²) in [6, 6.07) is 15.3. The highest BCUT2D eigenvalue weighted by Gasteiger charge is 2.31. The van der Waals surface area contributed by atoms with Crippen molar-refractivity contribution in [2.75, 3.05) is 19.5 Å². The number of ether oxygens (including phenoxy) is 2. The molecule has 4 rings (SSSR count). The molecule has 1 heterocycles. The van der Waals surface area contributed by atoms with E-state index in [0.717, 1.165) is 24.4 Å². The number of hydrogen-bond donors (Lipinski definition) is 1. The molecule has 8 heteroatoms. The molecule has 3 aromatic rings. The predicted molar refractivity (Wildman–Crippen MR) is 117 cm³/mol. The third kappa shape index (κ3) is 4.43. The molecule has 1 saturated carbocycles. The van der Waals surface area contributed by atoms with Gasteiger partial charge in [-0.15, -0.1) is 5.10 Å². The second-order valence-electron chi connectivity index (χ2n) is 7.09. The van der Waals surface area contributed by atoms with E-state index in [9.17, 15) is 4.79 Å². The number of carbonyl (C=O) groups is 1. The SMILES string of the molecule is COc1ccc(OC)c(NC(=O)C(C)Sc2nc(C3CC3)n(-c3ccccc3)n2)c1. The summed E-state index contributed by atoms with van der Waals surface area (Å²) in [6.07, 6.45) is 2.25. The molecule has 7 nitrogen and oxygen atoms in total. The molecule has 1 atom stereocenters. The average Bonchev–Trinajstić information content (AvgIpc) is 3.54. The minimum absolute atomic E-state index is 0.157. The van der Waals surface area contributed by atoms with Gasteiger partial charge in [0.1, 0.15) is 17.3 Å². The van der Waals surface area contributed by atoms with Crippen LogP contribution in [0.4, 0.5) is 5.69 Å². The lowest BCUT2D eigenvalue weighted by Crippen LogP contribution is -2.22. The van der Waals surface area contributed by atoms with E-state index in [2.05, 4.69) is 10.4 Å². The molecule has 0 saturated heterocycles. The zero-order chi connectivity index (χ0) is 21.1. The first-order valence-electron chi connectivity index (χ1n) is 9.81. The second-order valence-corrected chi connectivity index (χ2v) is 8.40. The Hall–Kier alpha value is -3.00. The number of hydrogen-bond acceptors (Lipinski definition) is 6. The lowest BCUT2D eigenvalue weighted by molar-refractivity contribution is -0.115. The van der Waals surface area contributed by atoms with Crippen molar-refractivity contribution >= 4 is 23.4 Å². The molecule has 0 radical (unpaired) electrons. The van der Waals surface area contributed by atoms with E-state index >= 15 is 0 Å². The van der Waals surface area contributed by atoms with E-state index in [0.29, 0.717) is 28.3 Å². The highest BCUT2D eigenvalue weighted by molar-refractivity contribution is 8.00. The molecule has 1 unspecified atom stereocenters. The smallest absolute Gasteiger partial charge is 0.237 e. The van der Waals surface area contributed by atoms with Crippen molar-refractivity contribution in [2.24, 2.45) is 0 Å². The fourth-order valence-corrected chi connectivity index (χ4v) is 3.83. The standard InChI is InChI=1S/C22H24N4O3S/c1-14(21(27)23-18-13-17(28-2)11-12-19(18)29-3)30-22-24-20(15-9-10-15)26(25-22)16-7-5-4-6-8-16/h4-8,11-15H,9-10H2,1-3H3,(H,23,27). The molecule has 0 aliphatic heterocycles. The topological polar surface area (TPSA) is 78.3 Å². The van der Waals surface area contributed by atoms with E-state index in [1.54, 1.807) is 32.4 Å². The third-order valence-corrected chi connectivity index (χ3v) is 5.82.